The summed E-state index contributed by atoms with van der Waals surface area (Å²) in [5, 5.41) is 7.06. The third kappa shape index (κ3) is 6.95. The van der Waals surface area contributed by atoms with Crippen molar-refractivity contribution in [3.05, 3.63) is 0 Å². The van der Waals surface area contributed by atoms with E-state index in [4.69, 9.17) is 0 Å². The van der Waals surface area contributed by atoms with Gasteiger partial charge in [0.2, 0.25) is 0 Å². The van der Waals surface area contributed by atoms with E-state index < -0.39 is 0 Å². The first-order valence-corrected chi connectivity index (χ1v) is 9.04. The number of fused-ring (bicyclic) bond motifs is 3. The Bertz CT molecular complexity index is 205. The number of hydrogen-bond donors (Lipinski definition) is 2. The van der Waals surface area contributed by atoms with Gasteiger partial charge in [-0.3, -0.25) is 0 Å². The lowest BCUT2D eigenvalue weighted by Crippen LogP contribution is -2.39. The standard InChI is InChI=1S/C14H30N4S/c1-3-15-5-6-16-4-2-8-18-10-9-17(7-1)11-13-19-14-12-18/h15-16H,1-14H2. The van der Waals surface area contributed by atoms with E-state index >= 15 is 0 Å². The first-order valence-electron chi connectivity index (χ1n) is 7.89. The van der Waals surface area contributed by atoms with Gasteiger partial charge in [-0.05, 0) is 39.0 Å². The zero-order valence-corrected chi connectivity index (χ0v) is 13.0. The summed E-state index contributed by atoms with van der Waals surface area (Å²) in [6.07, 6.45) is 2.56. The lowest BCUT2D eigenvalue weighted by Gasteiger charge is -2.26. The molecule has 2 aliphatic rings. The first kappa shape index (κ1) is 15.6. The van der Waals surface area contributed by atoms with Crippen molar-refractivity contribution < 1.29 is 0 Å². The first-order chi connectivity index (χ1) is 9.45. The summed E-state index contributed by atoms with van der Waals surface area (Å²) in [5.41, 5.74) is 0. The van der Waals surface area contributed by atoms with Crippen LogP contribution in [0.4, 0.5) is 0 Å². The second-order valence-corrected chi connectivity index (χ2v) is 6.73. The third-order valence-electron chi connectivity index (χ3n) is 3.97. The predicted molar refractivity (Wildman–Crippen MR) is 85.2 cm³/mol. The van der Waals surface area contributed by atoms with Crippen molar-refractivity contribution in [3.63, 3.8) is 0 Å². The number of nitrogens with zero attached hydrogens (tertiary/aromatic N) is 2. The molecule has 19 heavy (non-hydrogen) atoms. The van der Waals surface area contributed by atoms with Gasteiger partial charge in [0.1, 0.15) is 0 Å². The van der Waals surface area contributed by atoms with E-state index in [0.29, 0.717) is 0 Å². The van der Waals surface area contributed by atoms with E-state index in [1.165, 1.54) is 63.6 Å². The Morgan fingerprint density at radius 1 is 0.579 bits per heavy atom. The molecule has 2 heterocycles. The summed E-state index contributed by atoms with van der Waals surface area (Å²) in [6.45, 7) is 12.1. The quantitative estimate of drug-likeness (QED) is 0.669. The molecule has 2 unspecified atom stereocenters. The van der Waals surface area contributed by atoms with Crippen molar-refractivity contribution >= 4 is 11.8 Å². The fourth-order valence-electron chi connectivity index (χ4n) is 2.73. The topological polar surface area (TPSA) is 30.5 Å². The average molecular weight is 286 g/mol. The van der Waals surface area contributed by atoms with Gasteiger partial charge in [0, 0.05) is 50.8 Å². The maximum absolute atomic E-state index is 3.53. The zero-order chi connectivity index (χ0) is 13.2. The second-order valence-electron chi connectivity index (χ2n) is 5.50. The monoisotopic (exact) mass is 286 g/mol. The molecule has 2 bridgehead atoms. The molecular weight excluding hydrogens is 256 g/mol. The molecular formula is C14H30N4S. The van der Waals surface area contributed by atoms with E-state index in [9.17, 15) is 0 Å². The van der Waals surface area contributed by atoms with Crippen LogP contribution in [0.25, 0.3) is 0 Å². The van der Waals surface area contributed by atoms with Gasteiger partial charge in [-0.25, -0.2) is 0 Å². The van der Waals surface area contributed by atoms with Crippen molar-refractivity contribution in [3.8, 4) is 0 Å². The zero-order valence-electron chi connectivity index (χ0n) is 12.2. The van der Waals surface area contributed by atoms with Crippen LogP contribution in [-0.2, 0) is 0 Å². The summed E-state index contributed by atoms with van der Waals surface area (Å²) in [6, 6.07) is 0. The molecule has 4 nitrogen and oxygen atoms in total. The van der Waals surface area contributed by atoms with Crippen LogP contribution in [0.5, 0.6) is 0 Å². The van der Waals surface area contributed by atoms with E-state index in [0.717, 1.165) is 26.2 Å². The highest BCUT2D eigenvalue weighted by molar-refractivity contribution is 7.99. The molecule has 0 aromatic carbocycles. The number of rotatable bonds is 0. The average Bonchev–Trinajstić information content (AvgIpc) is 2.53. The van der Waals surface area contributed by atoms with E-state index in [2.05, 4.69) is 32.2 Å². The summed E-state index contributed by atoms with van der Waals surface area (Å²) in [7, 11) is 0. The fourth-order valence-corrected chi connectivity index (χ4v) is 3.70. The van der Waals surface area contributed by atoms with Crippen LogP contribution >= 0.6 is 11.8 Å². The lowest BCUT2D eigenvalue weighted by atomic mass is 10.3. The molecule has 2 fully saturated rings. The molecule has 0 saturated carbocycles. The molecule has 0 aromatic heterocycles. The summed E-state index contributed by atoms with van der Waals surface area (Å²) in [5.74, 6) is 2.62. The molecule has 2 atom stereocenters. The Morgan fingerprint density at radius 3 is 1.63 bits per heavy atom. The third-order valence-corrected chi connectivity index (χ3v) is 4.91. The molecule has 0 spiro atoms. The maximum Gasteiger partial charge on any atom is 0.0110 e. The lowest BCUT2D eigenvalue weighted by molar-refractivity contribution is 0.214. The van der Waals surface area contributed by atoms with Crippen LogP contribution in [-0.4, -0.2) is 86.8 Å². The van der Waals surface area contributed by atoms with Crippen molar-refractivity contribution in [1.82, 2.24) is 20.4 Å². The van der Waals surface area contributed by atoms with Gasteiger partial charge in [0.15, 0.2) is 0 Å². The van der Waals surface area contributed by atoms with Gasteiger partial charge in [-0.2, -0.15) is 11.8 Å². The highest BCUT2D eigenvalue weighted by Crippen LogP contribution is 2.07. The highest BCUT2D eigenvalue weighted by atomic mass is 32.2. The summed E-state index contributed by atoms with van der Waals surface area (Å²) in [4.78, 5) is 5.33. The number of hydrogen-bond acceptors (Lipinski definition) is 5. The van der Waals surface area contributed by atoms with Gasteiger partial charge in [0.25, 0.3) is 0 Å². The minimum Gasteiger partial charge on any atom is -0.315 e. The van der Waals surface area contributed by atoms with E-state index in [-0.39, 0.29) is 0 Å². The number of thioether (sulfide) groups is 1. The SMILES string of the molecule is C1CNCCNCCCN2CCSCCN(C1)CC2. The van der Waals surface area contributed by atoms with Gasteiger partial charge >= 0.3 is 0 Å². The van der Waals surface area contributed by atoms with Gasteiger partial charge < -0.3 is 20.4 Å². The van der Waals surface area contributed by atoms with Crippen LogP contribution in [0.15, 0.2) is 0 Å². The molecule has 0 aliphatic carbocycles. The second kappa shape index (κ2) is 10.00. The van der Waals surface area contributed by atoms with E-state index in [1.54, 1.807) is 0 Å². The van der Waals surface area contributed by atoms with Crippen molar-refractivity contribution in [2.75, 3.05) is 77.0 Å². The molecule has 2 N–H and O–H groups in total. The molecule has 2 saturated heterocycles. The Kier molecular flexibility index (Phi) is 8.19. The molecule has 0 radical (unpaired) electrons. The van der Waals surface area contributed by atoms with Crippen LogP contribution in [0.1, 0.15) is 12.8 Å². The molecule has 5 heteroatoms. The van der Waals surface area contributed by atoms with Crippen molar-refractivity contribution in [1.29, 1.82) is 0 Å². The Hall–Kier alpha value is 0.190. The molecule has 0 amide bonds. The Morgan fingerprint density at radius 2 is 1.11 bits per heavy atom. The van der Waals surface area contributed by atoms with Gasteiger partial charge in [0.05, 0.1) is 0 Å². The highest BCUT2D eigenvalue weighted by Gasteiger charge is 2.12. The number of nitrogens with one attached hydrogen (secondary N) is 2. The fraction of sp³-hybridized carbons (Fsp3) is 1.00. The molecule has 0 aromatic rings. The predicted octanol–water partition coefficient (Wildman–Crippen LogP) is 0.310. The minimum atomic E-state index is 1.11. The van der Waals surface area contributed by atoms with Crippen LogP contribution < -0.4 is 10.6 Å². The smallest absolute Gasteiger partial charge is 0.0110 e. The van der Waals surface area contributed by atoms with E-state index in [1.807, 2.05) is 0 Å². The molecule has 112 valence electrons. The van der Waals surface area contributed by atoms with Crippen LogP contribution in [0, 0.1) is 0 Å². The van der Waals surface area contributed by atoms with Crippen molar-refractivity contribution in [2.45, 2.75) is 12.8 Å². The van der Waals surface area contributed by atoms with Crippen molar-refractivity contribution in [2.24, 2.45) is 0 Å². The van der Waals surface area contributed by atoms with Crippen LogP contribution in [0.2, 0.25) is 0 Å². The normalized spacial score (nSPS) is 32.8. The Labute approximate surface area is 122 Å². The van der Waals surface area contributed by atoms with Gasteiger partial charge in [-0.1, -0.05) is 0 Å². The summed E-state index contributed by atoms with van der Waals surface area (Å²) >= 11 is 2.13. The minimum absolute atomic E-state index is 1.11. The Balaban J connectivity index is 1.82. The maximum atomic E-state index is 3.53. The molecule has 2 aliphatic heterocycles. The summed E-state index contributed by atoms with van der Waals surface area (Å²) < 4.78 is 0. The largest absolute Gasteiger partial charge is 0.315 e. The van der Waals surface area contributed by atoms with Crippen LogP contribution in [0.3, 0.4) is 0 Å². The van der Waals surface area contributed by atoms with Gasteiger partial charge in [-0.15, -0.1) is 0 Å². The molecule has 2 rings (SSSR count).